The molecule has 0 aliphatic rings. The number of allylic oxidation sites excluding steroid dienone is 1. The predicted molar refractivity (Wildman–Crippen MR) is 90.5 cm³/mol. The van der Waals surface area contributed by atoms with E-state index in [0.29, 0.717) is 18.4 Å². The quantitative estimate of drug-likeness (QED) is 0.584. The number of ether oxygens (including phenoxy) is 1. The lowest BCUT2D eigenvalue weighted by atomic mass is 9.81. The number of carbonyl (C=O) groups excluding carboxylic acids is 2. The summed E-state index contributed by atoms with van der Waals surface area (Å²) in [6.45, 7) is 12.2. The van der Waals surface area contributed by atoms with Crippen LogP contribution in [0.3, 0.4) is 0 Å². The van der Waals surface area contributed by atoms with Gasteiger partial charge in [-0.1, -0.05) is 24.3 Å². The fraction of sp³-hybridized carbons (Fsp3) is 0.368. The van der Waals surface area contributed by atoms with E-state index in [0.717, 1.165) is 0 Å². The average molecular weight is 316 g/mol. The molecule has 124 valence electrons. The fourth-order valence-corrected chi connectivity index (χ4v) is 2.20. The maximum absolute atomic E-state index is 12.6. The third-order valence-electron chi connectivity index (χ3n) is 4.04. The molecule has 0 aliphatic heterocycles. The van der Waals surface area contributed by atoms with Crippen LogP contribution >= 0.6 is 0 Å². The normalized spacial score (nSPS) is 12.3. The number of esters is 1. The third-order valence-corrected chi connectivity index (χ3v) is 4.04. The highest BCUT2D eigenvalue weighted by atomic mass is 16.5. The third kappa shape index (κ3) is 4.31. The molecule has 0 bridgehead atoms. The van der Waals surface area contributed by atoms with Gasteiger partial charge in [-0.2, -0.15) is 0 Å². The molecule has 0 unspecified atom stereocenters. The number of rotatable bonds is 8. The van der Waals surface area contributed by atoms with Crippen LogP contribution in [-0.2, 0) is 16.0 Å². The van der Waals surface area contributed by atoms with Gasteiger partial charge < -0.3 is 9.84 Å². The Bertz CT molecular complexity index is 614. The number of Topliss-reactive ketones (excluding diaryl/α,β-unsaturated/α-hetero) is 1. The van der Waals surface area contributed by atoms with Crippen molar-refractivity contribution in [3.63, 3.8) is 0 Å². The number of aromatic hydroxyl groups is 1. The Morgan fingerprint density at radius 2 is 1.96 bits per heavy atom. The van der Waals surface area contributed by atoms with Crippen LogP contribution in [0, 0.1) is 5.41 Å². The van der Waals surface area contributed by atoms with Gasteiger partial charge in [-0.15, -0.1) is 13.2 Å². The summed E-state index contributed by atoms with van der Waals surface area (Å²) in [6.07, 6.45) is 3.38. The van der Waals surface area contributed by atoms with Crippen molar-refractivity contribution in [3.8, 4) is 5.75 Å². The summed E-state index contributed by atoms with van der Waals surface area (Å²) in [5.74, 6) is -0.880. The molecule has 0 saturated heterocycles. The molecule has 0 spiro atoms. The van der Waals surface area contributed by atoms with Gasteiger partial charge in [0, 0.05) is 6.42 Å². The van der Waals surface area contributed by atoms with Crippen LogP contribution in [0.5, 0.6) is 5.75 Å². The summed E-state index contributed by atoms with van der Waals surface area (Å²) in [4.78, 5) is 24.4. The van der Waals surface area contributed by atoms with Crippen molar-refractivity contribution in [2.45, 2.75) is 39.7 Å². The molecular weight excluding hydrogens is 292 g/mol. The van der Waals surface area contributed by atoms with Gasteiger partial charge in [0.05, 0.1) is 5.41 Å². The van der Waals surface area contributed by atoms with Crippen LogP contribution in [0.1, 0.15) is 43.1 Å². The standard InChI is InChI=1S/C19H24O4/c1-6-9-14-11-8-12-15(21)17(14)18(22)23-16(10-7-2)19(4,5)13(3)20/h6-8,11-12,16,21H,1-2,9-10H2,3-5H3/t16-/m0/s1. The van der Waals surface area contributed by atoms with Gasteiger partial charge in [0.25, 0.3) is 0 Å². The minimum Gasteiger partial charge on any atom is -0.507 e. The summed E-state index contributed by atoms with van der Waals surface area (Å²) in [5, 5.41) is 10.0. The lowest BCUT2D eigenvalue weighted by molar-refractivity contribution is -0.130. The Morgan fingerprint density at radius 3 is 2.48 bits per heavy atom. The number of phenolic OH excluding ortho intramolecular Hbond substituents is 1. The van der Waals surface area contributed by atoms with Crippen LogP contribution in [0.25, 0.3) is 0 Å². The Morgan fingerprint density at radius 1 is 1.30 bits per heavy atom. The first kappa shape index (κ1) is 18.7. The zero-order valence-corrected chi connectivity index (χ0v) is 14.0. The van der Waals surface area contributed by atoms with Crippen LogP contribution in [0.2, 0.25) is 0 Å². The van der Waals surface area contributed by atoms with Crippen molar-refractivity contribution in [3.05, 3.63) is 54.6 Å². The van der Waals surface area contributed by atoms with Gasteiger partial charge >= 0.3 is 5.97 Å². The first-order chi connectivity index (χ1) is 10.8. The number of hydrogen-bond donors (Lipinski definition) is 1. The zero-order valence-electron chi connectivity index (χ0n) is 14.0. The SMILES string of the molecule is C=CCc1cccc(O)c1C(=O)O[C@@H](CC=C)C(C)(C)C(C)=O. The molecule has 4 nitrogen and oxygen atoms in total. The molecule has 0 saturated carbocycles. The second kappa shape index (κ2) is 7.77. The second-order valence-corrected chi connectivity index (χ2v) is 6.00. The van der Waals surface area contributed by atoms with E-state index >= 15 is 0 Å². The molecule has 4 heteroatoms. The Balaban J connectivity index is 3.16. The fourth-order valence-electron chi connectivity index (χ4n) is 2.20. The van der Waals surface area contributed by atoms with Crippen molar-refractivity contribution >= 4 is 11.8 Å². The monoisotopic (exact) mass is 316 g/mol. The largest absolute Gasteiger partial charge is 0.507 e. The van der Waals surface area contributed by atoms with E-state index in [-0.39, 0.29) is 17.1 Å². The van der Waals surface area contributed by atoms with Crippen molar-refractivity contribution in [2.24, 2.45) is 5.41 Å². The Hall–Kier alpha value is -2.36. The molecule has 1 N–H and O–H groups in total. The van der Waals surface area contributed by atoms with Crippen LogP contribution in [0.4, 0.5) is 0 Å². The van der Waals surface area contributed by atoms with Gasteiger partial charge in [0.2, 0.25) is 0 Å². The maximum atomic E-state index is 12.6. The number of ketones is 1. The topological polar surface area (TPSA) is 63.6 Å². The van der Waals surface area contributed by atoms with E-state index in [1.165, 1.54) is 13.0 Å². The van der Waals surface area contributed by atoms with Crippen LogP contribution in [0.15, 0.2) is 43.5 Å². The molecule has 1 aromatic carbocycles. The first-order valence-corrected chi connectivity index (χ1v) is 7.50. The van der Waals surface area contributed by atoms with E-state index in [1.807, 2.05) is 0 Å². The van der Waals surface area contributed by atoms with Gasteiger partial charge in [-0.25, -0.2) is 4.79 Å². The number of phenols is 1. The number of hydrogen-bond acceptors (Lipinski definition) is 4. The predicted octanol–water partition coefficient (Wildman–Crippen LogP) is 3.84. The highest BCUT2D eigenvalue weighted by molar-refractivity contribution is 5.94. The summed E-state index contributed by atoms with van der Waals surface area (Å²) >= 11 is 0. The van der Waals surface area contributed by atoms with Crippen molar-refractivity contribution in [1.82, 2.24) is 0 Å². The van der Waals surface area contributed by atoms with E-state index < -0.39 is 17.5 Å². The number of benzene rings is 1. The van der Waals surface area contributed by atoms with Gasteiger partial charge in [0.15, 0.2) is 0 Å². The number of carbonyl (C=O) groups is 2. The molecule has 0 amide bonds. The van der Waals surface area contributed by atoms with E-state index in [9.17, 15) is 14.7 Å². The van der Waals surface area contributed by atoms with E-state index in [4.69, 9.17) is 4.74 Å². The van der Waals surface area contributed by atoms with Crippen LogP contribution < -0.4 is 0 Å². The molecule has 0 heterocycles. The van der Waals surface area contributed by atoms with Gasteiger partial charge in [-0.3, -0.25) is 4.79 Å². The maximum Gasteiger partial charge on any atom is 0.342 e. The van der Waals surface area contributed by atoms with E-state index in [1.54, 1.807) is 38.1 Å². The van der Waals surface area contributed by atoms with Gasteiger partial charge in [0.1, 0.15) is 23.2 Å². The molecule has 1 aromatic rings. The smallest absolute Gasteiger partial charge is 0.342 e. The Kier molecular flexibility index (Phi) is 6.31. The summed E-state index contributed by atoms with van der Waals surface area (Å²) in [7, 11) is 0. The minimum absolute atomic E-state index is 0.0826. The van der Waals surface area contributed by atoms with Crippen molar-refractivity contribution in [1.29, 1.82) is 0 Å². The molecule has 0 aromatic heterocycles. The first-order valence-electron chi connectivity index (χ1n) is 7.50. The molecule has 0 fully saturated rings. The van der Waals surface area contributed by atoms with Crippen molar-refractivity contribution in [2.75, 3.05) is 0 Å². The summed E-state index contributed by atoms with van der Waals surface area (Å²) in [5.41, 5.74) is -0.101. The highest BCUT2D eigenvalue weighted by Gasteiger charge is 2.37. The summed E-state index contributed by atoms with van der Waals surface area (Å²) < 4.78 is 5.55. The summed E-state index contributed by atoms with van der Waals surface area (Å²) in [6, 6.07) is 4.82. The molecule has 23 heavy (non-hydrogen) atoms. The highest BCUT2D eigenvalue weighted by Crippen LogP contribution is 2.30. The van der Waals surface area contributed by atoms with E-state index in [2.05, 4.69) is 13.2 Å². The molecule has 1 rings (SSSR count). The molecule has 1 atom stereocenters. The lowest BCUT2D eigenvalue weighted by Crippen LogP contribution is -2.39. The lowest BCUT2D eigenvalue weighted by Gasteiger charge is -2.31. The molecular formula is C19H24O4. The Labute approximate surface area is 137 Å². The molecule has 0 radical (unpaired) electrons. The average Bonchev–Trinajstić information content (AvgIpc) is 2.46. The van der Waals surface area contributed by atoms with Gasteiger partial charge in [-0.05, 0) is 38.8 Å². The minimum atomic E-state index is -0.840. The second-order valence-electron chi connectivity index (χ2n) is 6.00. The molecule has 0 aliphatic carbocycles. The van der Waals surface area contributed by atoms with Crippen LogP contribution in [-0.4, -0.2) is 23.0 Å². The van der Waals surface area contributed by atoms with Crippen molar-refractivity contribution < 1.29 is 19.4 Å². The zero-order chi connectivity index (χ0) is 17.6.